The molecule has 1 aromatic carbocycles. The molecule has 152 valence electrons. The number of nitrogens with one attached hydrogen (secondary N) is 1. The lowest BCUT2D eigenvalue weighted by Crippen LogP contribution is -2.57. The molecule has 2 fully saturated rings. The van der Waals surface area contributed by atoms with Crippen molar-refractivity contribution in [1.29, 1.82) is 0 Å². The summed E-state index contributed by atoms with van der Waals surface area (Å²) in [5.74, 6) is 1.33. The molecule has 0 radical (unpaired) electrons. The number of carbonyl (C=O) groups excluding carboxylic acids is 1. The van der Waals surface area contributed by atoms with Crippen LogP contribution < -0.4 is 5.32 Å². The lowest BCUT2D eigenvalue weighted by atomic mass is 9.78. The fourth-order valence-corrected chi connectivity index (χ4v) is 4.97. The van der Waals surface area contributed by atoms with Gasteiger partial charge in [0.25, 0.3) is 5.91 Å². The van der Waals surface area contributed by atoms with Crippen LogP contribution in [0.3, 0.4) is 0 Å². The number of hydrogen-bond acceptors (Lipinski definition) is 3. The molecule has 5 nitrogen and oxygen atoms in total. The van der Waals surface area contributed by atoms with Crippen LogP contribution in [0.15, 0.2) is 48.8 Å². The number of amides is 1. The van der Waals surface area contributed by atoms with Crippen LogP contribution in [0, 0.1) is 5.92 Å². The summed E-state index contributed by atoms with van der Waals surface area (Å²) in [4.78, 5) is 15.8. The highest BCUT2D eigenvalue weighted by molar-refractivity contribution is 5.85. The van der Waals surface area contributed by atoms with Crippen LogP contribution in [0.5, 0.6) is 0 Å². The molecule has 2 saturated heterocycles. The summed E-state index contributed by atoms with van der Waals surface area (Å²) in [5, 5.41) is 7.87. The van der Waals surface area contributed by atoms with Gasteiger partial charge in [-0.3, -0.25) is 9.48 Å². The van der Waals surface area contributed by atoms with Gasteiger partial charge in [-0.1, -0.05) is 43.7 Å². The first kappa shape index (κ1) is 20.9. The van der Waals surface area contributed by atoms with Gasteiger partial charge in [-0.05, 0) is 55.8 Å². The third kappa shape index (κ3) is 3.83. The number of rotatable bonds is 4. The van der Waals surface area contributed by atoms with E-state index in [9.17, 15) is 4.79 Å². The molecular weight excluding hydrogens is 372 g/mol. The van der Waals surface area contributed by atoms with Crippen molar-refractivity contribution < 1.29 is 4.79 Å². The predicted molar refractivity (Wildman–Crippen MR) is 114 cm³/mol. The lowest BCUT2D eigenvalue weighted by molar-refractivity contribution is -0.145. The van der Waals surface area contributed by atoms with E-state index in [0.717, 1.165) is 51.9 Å². The van der Waals surface area contributed by atoms with Gasteiger partial charge in [0.05, 0.1) is 0 Å². The van der Waals surface area contributed by atoms with Crippen molar-refractivity contribution in [3.05, 3.63) is 54.4 Å². The Hall–Kier alpha value is -1.85. The molecule has 1 N–H and O–H groups in total. The number of halogens is 1. The van der Waals surface area contributed by atoms with Crippen molar-refractivity contribution >= 4 is 18.3 Å². The molecule has 3 heterocycles. The van der Waals surface area contributed by atoms with Gasteiger partial charge < -0.3 is 10.2 Å². The zero-order valence-electron chi connectivity index (χ0n) is 16.6. The smallest absolute Gasteiger partial charge is 0.250 e. The molecule has 0 spiro atoms. The van der Waals surface area contributed by atoms with E-state index in [4.69, 9.17) is 0 Å². The Labute approximate surface area is 173 Å². The molecule has 2 unspecified atom stereocenters. The summed E-state index contributed by atoms with van der Waals surface area (Å²) in [6.07, 6.45) is 7.50. The summed E-state index contributed by atoms with van der Waals surface area (Å²) >= 11 is 0. The van der Waals surface area contributed by atoms with Crippen molar-refractivity contribution in [3.8, 4) is 0 Å². The summed E-state index contributed by atoms with van der Waals surface area (Å²) in [6, 6.07) is 12.7. The number of piperidine rings is 2. The highest BCUT2D eigenvalue weighted by atomic mass is 35.5. The average Bonchev–Trinajstić information content (AvgIpc) is 3.29. The molecule has 2 aromatic rings. The van der Waals surface area contributed by atoms with E-state index >= 15 is 0 Å². The van der Waals surface area contributed by atoms with E-state index in [1.807, 2.05) is 16.9 Å². The highest BCUT2D eigenvalue weighted by Gasteiger charge is 2.46. The molecule has 1 aromatic heterocycles. The average molecular weight is 403 g/mol. The van der Waals surface area contributed by atoms with Crippen LogP contribution in [0.1, 0.15) is 44.1 Å². The molecule has 0 aliphatic carbocycles. The summed E-state index contributed by atoms with van der Waals surface area (Å²) in [5.41, 5.74) is 0.896. The number of benzene rings is 1. The van der Waals surface area contributed by atoms with Gasteiger partial charge in [0, 0.05) is 25.5 Å². The quantitative estimate of drug-likeness (QED) is 0.852. The van der Waals surface area contributed by atoms with Crippen molar-refractivity contribution in [2.75, 3.05) is 26.2 Å². The van der Waals surface area contributed by atoms with Crippen LogP contribution in [0.2, 0.25) is 0 Å². The summed E-state index contributed by atoms with van der Waals surface area (Å²) in [7, 11) is 0. The van der Waals surface area contributed by atoms with Crippen LogP contribution in [0.4, 0.5) is 0 Å². The second-order valence-electron chi connectivity index (χ2n) is 7.96. The number of nitrogens with zero attached hydrogens (tertiary/aromatic N) is 3. The van der Waals surface area contributed by atoms with E-state index in [1.165, 1.54) is 5.56 Å². The van der Waals surface area contributed by atoms with Gasteiger partial charge in [0.2, 0.25) is 0 Å². The minimum absolute atomic E-state index is 0. The minimum Gasteiger partial charge on any atom is -0.340 e. The standard InChI is InChI=1S/C22H30N4O.ClH/c1-2-18-17-25(16-9-20(18)19-7-4-3-5-8-19)21(27)22(10-13-23-14-11-22)26-15-6-12-24-26;/h3-8,12,15,18,20,23H,2,9-11,13-14,16-17H2,1H3;1H. The Morgan fingerprint density at radius 3 is 2.61 bits per heavy atom. The lowest BCUT2D eigenvalue weighted by Gasteiger charge is -2.44. The molecule has 2 aliphatic heterocycles. The maximum absolute atomic E-state index is 13.7. The summed E-state index contributed by atoms with van der Waals surface area (Å²) in [6.45, 7) is 5.67. The number of aromatic nitrogens is 2. The van der Waals surface area contributed by atoms with E-state index < -0.39 is 5.54 Å². The van der Waals surface area contributed by atoms with E-state index in [2.05, 4.69) is 52.6 Å². The second kappa shape index (κ2) is 9.10. The third-order valence-electron chi connectivity index (χ3n) is 6.55. The Morgan fingerprint density at radius 1 is 1.21 bits per heavy atom. The van der Waals surface area contributed by atoms with Crippen molar-refractivity contribution in [1.82, 2.24) is 20.0 Å². The van der Waals surface area contributed by atoms with Gasteiger partial charge >= 0.3 is 0 Å². The van der Waals surface area contributed by atoms with Crippen LogP contribution in [0.25, 0.3) is 0 Å². The third-order valence-corrected chi connectivity index (χ3v) is 6.55. The summed E-state index contributed by atoms with van der Waals surface area (Å²) < 4.78 is 1.92. The van der Waals surface area contributed by atoms with Gasteiger partial charge in [-0.15, -0.1) is 12.4 Å². The fourth-order valence-electron chi connectivity index (χ4n) is 4.97. The highest BCUT2D eigenvalue weighted by Crippen LogP contribution is 2.37. The molecule has 1 amide bonds. The monoisotopic (exact) mass is 402 g/mol. The Balaban J connectivity index is 0.00000225. The van der Waals surface area contributed by atoms with Gasteiger partial charge in [-0.2, -0.15) is 5.10 Å². The van der Waals surface area contributed by atoms with Crippen molar-refractivity contribution in [2.24, 2.45) is 5.92 Å². The van der Waals surface area contributed by atoms with E-state index in [-0.39, 0.29) is 18.3 Å². The molecule has 0 bridgehead atoms. The zero-order valence-corrected chi connectivity index (χ0v) is 17.4. The first-order chi connectivity index (χ1) is 13.2. The SMILES string of the molecule is CCC1CN(C(=O)C2(n3cccn3)CCNCC2)CCC1c1ccccc1.Cl. The molecule has 2 atom stereocenters. The maximum Gasteiger partial charge on any atom is 0.250 e. The second-order valence-corrected chi connectivity index (χ2v) is 7.96. The number of carbonyl (C=O) groups is 1. The minimum atomic E-state index is -0.521. The van der Waals surface area contributed by atoms with E-state index in [0.29, 0.717) is 11.8 Å². The Kier molecular flexibility index (Phi) is 6.78. The Morgan fingerprint density at radius 2 is 1.96 bits per heavy atom. The van der Waals surface area contributed by atoms with Crippen LogP contribution in [-0.2, 0) is 10.3 Å². The van der Waals surface area contributed by atoms with Crippen LogP contribution >= 0.6 is 12.4 Å². The van der Waals surface area contributed by atoms with Gasteiger partial charge in [0.15, 0.2) is 0 Å². The molecule has 0 saturated carbocycles. The number of likely N-dealkylation sites (tertiary alicyclic amines) is 1. The van der Waals surface area contributed by atoms with Gasteiger partial charge in [0.1, 0.15) is 5.54 Å². The zero-order chi connectivity index (χ0) is 18.7. The largest absolute Gasteiger partial charge is 0.340 e. The number of hydrogen-bond donors (Lipinski definition) is 1. The topological polar surface area (TPSA) is 50.2 Å². The first-order valence-corrected chi connectivity index (χ1v) is 10.3. The first-order valence-electron chi connectivity index (χ1n) is 10.3. The van der Waals surface area contributed by atoms with Crippen LogP contribution in [-0.4, -0.2) is 46.8 Å². The maximum atomic E-state index is 13.7. The van der Waals surface area contributed by atoms with Crippen molar-refractivity contribution in [2.45, 2.75) is 44.1 Å². The van der Waals surface area contributed by atoms with Gasteiger partial charge in [-0.25, -0.2) is 0 Å². The predicted octanol–water partition coefficient (Wildman–Crippen LogP) is 3.43. The molecule has 28 heavy (non-hydrogen) atoms. The molecule has 2 aliphatic rings. The fraction of sp³-hybridized carbons (Fsp3) is 0.545. The molecule has 4 rings (SSSR count). The van der Waals surface area contributed by atoms with Crippen molar-refractivity contribution in [3.63, 3.8) is 0 Å². The van der Waals surface area contributed by atoms with E-state index in [1.54, 1.807) is 6.20 Å². The normalized spacial score (nSPS) is 24.4. The molecule has 6 heteroatoms. The Bertz CT molecular complexity index is 743. The molecular formula is C22H31ClN4O.